The van der Waals surface area contributed by atoms with Crippen LogP contribution in [0.3, 0.4) is 0 Å². The van der Waals surface area contributed by atoms with E-state index in [1.807, 2.05) is 18.2 Å². The fourth-order valence-electron chi connectivity index (χ4n) is 1.89. The van der Waals surface area contributed by atoms with E-state index in [9.17, 15) is 4.39 Å². The lowest BCUT2D eigenvalue weighted by Gasteiger charge is -2.19. The highest BCUT2D eigenvalue weighted by atomic mass is 32.1. The summed E-state index contributed by atoms with van der Waals surface area (Å²) in [7, 11) is 0. The molecule has 2 nitrogen and oxygen atoms in total. The molecule has 0 unspecified atom stereocenters. The van der Waals surface area contributed by atoms with E-state index in [0.717, 1.165) is 5.56 Å². The number of benzene rings is 2. The molecule has 0 aliphatic heterocycles. The Morgan fingerprint density at radius 2 is 1.86 bits per heavy atom. The zero-order chi connectivity index (χ0) is 15.6. The first-order valence-electron chi connectivity index (χ1n) is 6.65. The SMILES string of the molecule is CC(C)(C)c1cccc(Oc2ccc(C(N)=S)cc2F)c1. The fourth-order valence-corrected chi connectivity index (χ4v) is 2.02. The van der Waals surface area contributed by atoms with Crippen LogP contribution in [0.5, 0.6) is 11.5 Å². The number of hydrogen-bond donors (Lipinski definition) is 1. The predicted octanol–water partition coefficient (Wildman–Crippen LogP) is 4.55. The van der Waals surface area contributed by atoms with E-state index in [0.29, 0.717) is 11.3 Å². The topological polar surface area (TPSA) is 35.2 Å². The minimum absolute atomic E-state index is 0.00745. The van der Waals surface area contributed by atoms with Crippen molar-refractivity contribution in [1.82, 2.24) is 0 Å². The molecule has 0 saturated heterocycles. The molecule has 0 bridgehead atoms. The summed E-state index contributed by atoms with van der Waals surface area (Å²) >= 11 is 4.82. The third-order valence-electron chi connectivity index (χ3n) is 3.14. The Morgan fingerprint density at radius 3 is 2.43 bits per heavy atom. The number of rotatable bonds is 3. The molecule has 0 aromatic heterocycles. The molecule has 0 fully saturated rings. The molecule has 0 heterocycles. The molecule has 0 aliphatic rings. The third kappa shape index (κ3) is 3.79. The minimum Gasteiger partial charge on any atom is -0.454 e. The zero-order valence-electron chi connectivity index (χ0n) is 12.3. The van der Waals surface area contributed by atoms with Crippen LogP contribution >= 0.6 is 12.2 Å². The lowest BCUT2D eigenvalue weighted by molar-refractivity contribution is 0.440. The molecule has 110 valence electrons. The van der Waals surface area contributed by atoms with E-state index < -0.39 is 5.82 Å². The van der Waals surface area contributed by atoms with Gasteiger partial charge >= 0.3 is 0 Å². The lowest BCUT2D eigenvalue weighted by Crippen LogP contribution is -2.11. The van der Waals surface area contributed by atoms with Gasteiger partial charge in [-0.05, 0) is 41.3 Å². The van der Waals surface area contributed by atoms with Crippen LogP contribution in [0.2, 0.25) is 0 Å². The maximum Gasteiger partial charge on any atom is 0.166 e. The monoisotopic (exact) mass is 303 g/mol. The largest absolute Gasteiger partial charge is 0.454 e. The summed E-state index contributed by atoms with van der Waals surface area (Å²) in [4.78, 5) is 0.162. The second-order valence-electron chi connectivity index (χ2n) is 5.89. The smallest absolute Gasteiger partial charge is 0.166 e. The molecule has 2 rings (SSSR count). The van der Waals surface area contributed by atoms with Gasteiger partial charge in [0.1, 0.15) is 10.7 Å². The van der Waals surface area contributed by atoms with E-state index >= 15 is 0 Å². The second-order valence-corrected chi connectivity index (χ2v) is 6.33. The van der Waals surface area contributed by atoms with E-state index in [1.54, 1.807) is 12.1 Å². The average Bonchev–Trinajstić information content (AvgIpc) is 2.40. The van der Waals surface area contributed by atoms with Crippen molar-refractivity contribution in [2.24, 2.45) is 5.73 Å². The summed E-state index contributed by atoms with van der Waals surface area (Å²) in [5, 5.41) is 0. The van der Waals surface area contributed by atoms with Gasteiger partial charge in [0, 0.05) is 5.56 Å². The van der Waals surface area contributed by atoms with Crippen LogP contribution in [0.15, 0.2) is 42.5 Å². The Hall–Kier alpha value is -1.94. The third-order valence-corrected chi connectivity index (χ3v) is 3.38. The van der Waals surface area contributed by atoms with Crippen LogP contribution in [-0.2, 0) is 5.41 Å². The van der Waals surface area contributed by atoms with Gasteiger partial charge in [0.2, 0.25) is 0 Å². The van der Waals surface area contributed by atoms with Gasteiger partial charge in [-0.1, -0.05) is 45.1 Å². The van der Waals surface area contributed by atoms with Crippen molar-refractivity contribution in [2.75, 3.05) is 0 Å². The van der Waals surface area contributed by atoms with E-state index in [1.165, 1.54) is 12.1 Å². The van der Waals surface area contributed by atoms with Gasteiger partial charge in [0.05, 0.1) is 0 Å². The van der Waals surface area contributed by atoms with Crippen LogP contribution in [0.4, 0.5) is 4.39 Å². The molecule has 2 aromatic rings. The molecule has 0 radical (unpaired) electrons. The Labute approximate surface area is 129 Å². The van der Waals surface area contributed by atoms with Crippen molar-refractivity contribution in [1.29, 1.82) is 0 Å². The first-order valence-corrected chi connectivity index (χ1v) is 7.06. The highest BCUT2D eigenvalue weighted by molar-refractivity contribution is 7.80. The molecule has 0 aliphatic carbocycles. The van der Waals surface area contributed by atoms with Crippen LogP contribution in [0, 0.1) is 5.82 Å². The average molecular weight is 303 g/mol. The van der Waals surface area contributed by atoms with Gasteiger partial charge in [-0.2, -0.15) is 0 Å². The van der Waals surface area contributed by atoms with E-state index in [4.69, 9.17) is 22.7 Å². The normalized spacial score (nSPS) is 11.2. The van der Waals surface area contributed by atoms with Crippen LogP contribution in [-0.4, -0.2) is 4.99 Å². The minimum atomic E-state index is -0.485. The van der Waals surface area contributed by atoms with Crippen LogP contribution < -0.4 is 10.5 Å². The van der Waals surface area contributed by atoms with Crippen molar-refractivity contribution >= 4 is 17.2 Å². The zero-order valence-corrected chi connectivity index (χ0v) is 13.1. The number of nitrogens with two attached hydrogens (primary N) is 1. The second kappa shape index (κ2) is 5.82. The van der Waals surface area contributed by atoms with Crippen molar-refractivity contribution < 1.29 is 9.13 Å². The Bertz CT molecular complexity index is 677. The molecule has 0 spiro atoms. The summed E-state index contributed by atoms with van der Waals surface area (Å²) in [6.45, 7) is 6.34. The lowest BCUT2D eigenvalue weighted by atomic mass is 9.87. The Morgan fingerprint density at radius 1 is 1.14 bits per heavy atom. The summed E-state index contributed by atoms with van der Waals surface area (Å²) in [5.41, 5.74) is 7.09. The molecular formula is C17H18FNOS. The molecule has 4 heteroatoms. The van der Waals surface area contributed by atoms with Gasteiger partial charge in [-0.15, -0.1) is 0 Å². The van der Waals surface area contributed by atoms with Gasteiger partial charge in [-0.25, -0.2) is 4.39 Å². The van der Waals surface area contributed by atoms with Gasteiger partial charge in [0.25, 0.3) is 0 Å². The molecule has 2 aromatic carbocycles. The summed E-state index contributed by atoms with van der Waals surface area (Å²) in [6, 6.07) is 12.1. The summed E-state index contributed by atoms with van der Waals surface area (Å²) in [6.07, 6.45) is 0. The van der Waals surface area contributed by atoms with Crippen LogP contribution in [0.1, 0.15) is 31.9 Å². The van der Waals surface area contributed by atoms with Crippen molar-refractivity contribution in [3.05, 3.63) is 59.4 Å². The maximum atomic E-state index is 14.0. The standard InChI is InChI=1S/C17H18FNOS/c1-17(2,3)12-5-4-6-13(10-12)20-15-8-7-11(16(19)21)9-14(15)18/h4-10H,1-3H3,(H2,19,21). The van der Waals surface area contributed by atoms with E-state index in [2.05, 4.69) is 20.8 Å². The Kier molecular flexibility index (Phi) is 4.28. The summed E-state index contributed by atoms with van der Waals surface area (Å²) in [5.74, 6) is 0.270. The van der Waals surface area contributed by atoms with Gasteiger partial charge in [-0.3, -0.25) is 0 Å². The number of ether oxygens (including phenoxy) is 1. The molecule has 0 saturated carbocycles. The van der Waals surface area contributed by atoms with Gasteiger partial charge < -0.3 is 10.5 Å². The first-order chi connectivity index (χ1) is 9.77. The first kappa shape index (κ1) is 15.4. The maximum absolute atomic E-state index is 14.0. The van der Waals surface area contributed by atoms with E-state index in [-0.39, 0.29) is 16.2 Å². The van der Waals surface area contributed by atoms with Gasteiger partial charge in [0.15, 0.2) is 11.6 Å². The highest BCUT2D eigenvalue weighted by Gasteiger charge is 2.14. The molecule has 2 N–H and O–H groups in total. The summed E-state index contributed by atoms with van der Waals surface area (Å²) < 4.78 is 19.6. The number of hydrogen-bond acceptors (Lipinski definition) is 2. The number of halogens is 1. The quantitative estimate of drug-likeness (QED) is 0.845. The molecular weight excluding hydrogens is 285 g/mol. The number of thiocarbonyl (C=S) groups is 1. The van der Waals surface area contributed by atoms with Crippen LogP contribution in [0.25, 0.3) is 0 Å². The van der Waals surface area contributed by atoms with Crippen molar-refractivity contribution in [3.63, 3.8) is 0 Å². The molecule has 21 heavy (non-hydrogen) atoms. The molecule has 0 amide bonds. The Balaban J connectivity index is 2.28. The fraction of sp³-hybridized carbons (Fsp3) is 0.235. The van der Waals surface area contributed by atoms with Crippen molar-refractivity contribution in [2.45, 2.75) is 26.2 Å². The van der Waals surface area contributed by atoms with Crippen molar-refractivity contribution in [3.8, 4) is 11.5 Å². The predicted molar refractivity (Wildman–Crippen MR) is 87.5 cm³/mol. The molecule has 0 atom stereocenters. The highest BCUT2D eigenvalue weighted by Crippen LogP contribution is 2.29.